The summed E-state index contributed by atoms with van der Waals surface area (Å²) in [6, 6.07) is 3.73. The van der Waals surface area contributed by atoms with Gasteiger partial charge in [-0.05, 0) is 18.2 Å². The molecule has 102 valence electrons. The Morgan fingerprint density at radius 2 is 2.11 bits per heavy atom. The molecule has 0 amide bonds. The van der Waals surface area contributed by atoms with Crippen molar-refractivity contribution in [3.63, 3.8) is 0 Å². The van der Waals surface area contributed by atoms with Crippen molar-refractivity contribution in [1.82, 2.24) is 4.98 Å². The number of hydrogen-bond donors (Lipinski definition) is 2. The summed E-state index contributed by atoms with van der Waals surface area (Å²) in [6.07, 6.45) is -2.16. The highest BCUT2D eigenvalue weighted by Gasteiger charge is 2.33. The van der Waals surface area contributed by atoms with Crippen LogP contribution in [0.1, 0.15) is 10.6 Å². The van der Waals surface area contributed by atoms with Gasteiger partial charge < -0.3 is 11.1 Å². The van der Waals surface area contributed by atoms with E-state index in [1.165, 1.54) is 23.5 Å². The molecule has 0 saturated heterocycles. The van der Waals surface area contributed by atoms with Crippen LogP contribution in [-0.4, -0.2) is 11.5 Å². The van der Waals surface area contributed by atoms with Gasteiger partial charge in [0.25, 0.3) is 0 Å². The van der Waals surface area contributed by atoms with Gasteiger partial charge in [0.2, 0.25) is 0 Å². The largest absolute Gasteiger partial charge is 0.418 e. The normalized spacial score (nSPS) is 11.5. The van der Waals surface area contributed by atoms with Crippen molar-refractivity contribution in [3.8, 4) is 0 Å². The van der Waals surface area contributed by atoms with Crippen LogP contribution in [0.25, 0.3) is 0 Å². The Morgan fingerprint density at radius 3 is 2.74 bits per heavy atom. The highest BCUT2D eigenvalue weighted by atomic mass is 32.1. The lowest BCUT2D eigenvalue weighted by Crippen LogP contribution is -2.13. The van der Waals surface area contributed by atoms with Crippen LogP contribution in [0, 0.1) is 0 Å². The summed E-state index contributed by atoms with van der Waals surface area (Å²) in [5, 5.41) is 5.50. The summed E-state index contributed by atoms with van der Waals surface area (Å²) < 4.78 is 38.5. The second-order valence-electron chi connectivity index (χ2n) is 3.91. The number of nitrogen functional groups attached to an aromatic ring is 1. The molecule has 3 N–H and O–H groups in total. The Kier molecular flexibility index (Phi) is 3.94. The molecule has 0 atom stereocenters. The maximum absolute atomic E-state index is 12.8. The van der Waals surface area contributed by atoms with Crippen molar-refractivity contribution in [2.45, 2.75) is 12.6 Å². The molecule has 1 aromatic heterocycles. The van der Waals surface area contributed by atoms with Crippen LogP contribution in [0.15, 0.2) is 29.8 Å². The minimum atomic E-state index is -4.42. The van der Waals surface area contributed by atoms with Crippen molar-refractivity contribution in [2.75, 3.05) is 17.6 Å². The van der Waals surface area contributed by atoms with Gasteiger partial charge in [-0.15, -0.1) is 11.3 Å². The predicted molar refractivity (Wildman–Crippen MR) is 70.2 cm³/mol. The molecule has 7 heteroatoms. The lowest BCUT2D eigenvalue weighted by atomic mass is 10.1. The maximum Gasteiger partial charge on any atom is 0.418 e. The molecule has 0 fully saturated rings. The summed E-state index contributed by atoms with van der Waals surface area (Å²) in [6.45, 7) is 0.389. The van der Waals surface area contributed by atoms with E-state index in [9.17, 15) is 13.2 Å². The van der Waals surface area contributed by atoms with E-state index in [0.29, 0.717) is 13.0 Å². The van der Waals surface area contributed by atoms with Crippen LogP contribution in [0.3, 0.4) is 0 Å². The summed E-state index contributed by atoms with van der Waals surface area (Å²) in [7, 11) is 0. The zero-order chi connectivity index (χ0) is 13.9. The first kappa shape index (κ1) is 13.7. The summed E-state index contributed by atoms with van der Waals surface area (Å²) in [5.41, 5.74) is 4.79. The van der Waals surface area contributed by atoms with Crippen LogP contribution < -0.4 is 11.1 Å². The van der Waals surface area contributed by atoms with E-state index in [1.807, 2.05) is 5.38 Å². The number of rotatable bonds is 4. The quantitative estimate of drug-likeness (QED) is 0.847. The topological polar surface area (TPSA) is 50.9 Å². The number of hydrogen-bond acceptors (Lipinski definition) is 4. The van der Waals surface area contributed by atoms with E-state index in [2.05, 4.69) is 10.3 Å². The Labute approximate surface area is 112 Å². The third-order valence-electron chi connectivity index (χ3n) is 2.49. The van der Waals surface area contributed by atoms with Gasteiger partial charge in [0, 0.05) is 35.9 Å². The van der Waals surface area contributed by atoms with Gasteiger partial charge in [0.1, 0.15) is 0 Å². The van der Waals surface area contributed by atoms with E-state index >= 15 is 0 Å². The van der Waals surface area contributed by atoms with E-state index in [1.54, 1.807) is 6.20 Å². The first-order valence-electron chi connectivity index (χ1n) is 5.56. The number of nitrogens with zero attached hydrogens (tertiary/aromatic N) is 1. The predicted octanol–water partition coefficient (Wildman–Crippen LogP) is 3.40. The van der Waals surface area contributed by atoms with E-state index in [0.717, 1.165) is 11.1 Å². The zero-order valence-electron chi connectivity index (χ0n) is 9.87. The van der Waals surface area contributed by atoms with E-state index < -0.39 is 11.7 Å². The van der Waals surface area contributed by atoms with Crippen molar-refractivity contribution in [3.05, 3.63) is 40.3 Å². The summed E-state index contributed by atoms with van der Waals surface area (Å²) in [5.74, 6) is 0. The minimum absolute atomic E-state index is 0.0401. The first-order valence-corrected chi connectivity index (χ1v) is 6.44. The highest BCUT2D eigenvalue weighted by Crippen LogP contribution is 2.36. The number of benzene rings is 1. The number of anilines is 2. The maximum atomic E-state index is 12.8. The lowest BCUT2D eigenvalue weighted by molar-refractivity contribution is -0.136. The van der Waals surface area contributed by atoms with Gasteiger partial charge >= 0.3 is 6.18 Å². The molecule has 0 spiro atoms. The molecule has 19 heavy (non-hydrogen) atoms. The fraction of sp³-hybridized carbons (Fsp3) is 0.250. The van der Waals surface area contributed by atoms with Gasteiger partial charge in [0.05, 0.1) is 10.6 Å². The van der Waals surface area contributed by atoms with Crippen molar-refractivity contribution >= 4 is 22.7 Å². The summed E-state index contributed by atoms with van der Waals surface area (Å²) in [4.78, 5) is 4.07. The number of halogens is 3. The SMILES string of the molecule is Nc1ccc(NCCc2nccs2)c(C(F)(F)F)c1. The molecule has 1 aromatic carbocycles. The average molecular weight is 287 g/mol. The Hall–Kier alpha value is -1.76. The van der Waals surface area contributed by atoms with Gasteiger partial charge in [0.15, 0.2) is 0 Å². The van der Waals surface area contributed by atoms with Crippen LogP contribution in [0.2, 0.25) is 0 Å². The number of alkyl halides is 3. The van der Waals surface area contributed by atoms with Gasteiger partial charge in [-0.1, -0.05) is 0 Å². The van der Waals surface area contributed by atoms with E-state index in [-0.39, 0.29) is 11.4 Å². The smallest absolute Gasteiger partial charge is 0.399 e. The fourth-order valence-corrected chi connectivity index (χ4v) is 2.25. The highest BCUT2D eigenvalue weighted by molar-refractivity contribution is 7.09. The van der Waals surface area contributed by atoms with Gasteiger partial charge in [-0.3, -0.25) is 0 Å². The van der Waals surface area contributed by atoms with Crippen molar-refractivity contribution in [1.29, 1.82) is 0 Å². The molecule has 0 radical (unpaired) electrons. The minimum Gasteiger partial charge on any atom is -0.399 e. The molecule has 2 rings (SSSR count). The number of nitrogens with one attached hydrogen (secondary N) is 1. The molecule has 0 aliphatic carbocycles. The molecule has 2 aromatic rings. The standard InChI is InChI=1S/C12H12F3N3S/c13-12(14,15)9-7-8(16)1-2-10(9)17-4-3-11-18-5-6-19-11/h1-2,5-7,17H,3-4,16H2. The second kappa shape index (κ2) is 5.48. The Bertz CT molecular complexity index is 538. The van der Waals surface area contributed by atoms with Crippen LogP contribution >= 0.6 is 11.3 Å². The van der Waals surface area contributed by atoms with Crippen LogP contribution in [0.4, 0.5) is 24.5 Å². The second-order valence-corrected chi connectivity index (χ2v) is 4.88. The molecule has 3 nitrogen and oxygen atoms in total. The number of nitrogens with two attached hydrogens (primary N) is 1. The third kappa shape index (κ3) is 3.60. The van der Waals surface area contributed by atoms with Crippen LogP contribution in [-0.2, 0) is 12.6 Å². The van der Waals surface area contributed by atoms with E-state index in [4.69, 9.17) is 5.73 Å². The van der Waals surface area contributed by atoms with Gasteiger partial charge in [-0.2, -0.15) is 13.2 Å². The lowest BCUT2D eigenvalue weighted by Gasteiger charge is -2.14. The first-order chi connectivity index (χ1) is 8.97. The summed E-state index contributed by atoms with van der Waals surface area (Å²) >= 11 is 1.48. The molecule has 0 bridgehead atoms. The molecular weight excluding hydrogens is 275 g/mol. The molecule has 0 saturated carbocycles. The Balaban J connectivity index is 2.07. The molecule has 0 aliphatic rings. The average Bonchev–Trinajstić information content (AvgIpc) is 2.83. The third-order valence-corrected chi connectivity index (χ3v) is 3.33. The number of thiazole rings is 1. The van der Waals surface area contributed by atoms with Gasteiger partial charge in [-0.25, -0.2) is 4.98 Å². The molecule has 0 unspecified atom stereocenters. The fourth-order valence-electron chi connectivity index (χ4n) is 1.63. The molecule has 0 aliphatic heterocycles. The van der Waals surface area contributed by atoms with Crippen molar-refractivity contribution in [2.24, 2.45) is 0 Å². The molecular formula is C12H12F3N3S. The zero-order valence-corrected chi connectivity index (χ0v) is 10.7. The van der Waals surface area contributed by atoms with Crippen LogP contribution in [0.5, 0.6) is 0 Å². The number of aromatic nitrogens is 1. The monoisotopic (exact) mass is 287 g/mol. The Morgan fingerprint density at radius 1 is 1.32 bits per heavy atom. The molecule has 1 heterocycles. The van der Waals surface area contributed by atoms with Crippen molar-refractivity contribution < 1.29 is 13.2 Å².